The summed E-state index contributed by atoms with van der Waals surface area (Å²) >= 11 is 3.02. The third-order valence-corrected chi connectivity index (χ3v) is 2.71. The van der Waals surface area contributed by atoms with Crippen LogP contribution in [0.3, 0.4) is 0 Å². The van der Waals surface area contributed by atoms with E-state index in [1.54, 1.807) is 0 Å². The number of benzene rings is 1. The molecule has 1 rings (SSSR count). The molecule has 0 atom stereocenters. The Balaban J connectivity index is 2.62. The lowest BCUT2D eigenvalue weighted by Gasteiger charge is -2.12. The molecule has 0 N–H and O–H groups in total. The molecular weight excluding hydrogens is 313 g/mol. The molecule has 1 aromatic rings. The van der Waals surface area contributed by atoms with Crippen LogP contribution in [0.25, 0.3) is 0 Å². The van der Waals surface area contributed by atoms with Crippen LogP contribution in [-0.2, 0) is 0 Å². The molecule has 0 radical (unpaired) electrons. The van der Waals surface area contributed by atoms with Gasteiger partial charge >= 0.3 is 6.36 Å². The van der Waals surface area contributed by atoms with E-state index in [0.717, 1.165) is 6.42 Å². The minimum absolute atomic E-state index is 0.210. The van der Waals surface area contributed by atoms with Gasteiger partial charge in [-0.2, -0.15) is 0 Å². The van der Waals surface area contributed by atoms with Crippen LogP contribution in [-0.4, -0.2) is 13.0 Å². The van der Waals surface area contributed by atoms with Gasteiger partial charge in [-0.05, 0) is 46.5 Å². The standard InChI is InChI=1S/C12H14BrF3O2/c1-8(2)5-6-17-9-3-4-11(10(13)7-9)18-12(14,15)16/h3-4,7-8H,5-6H2,1-2H3. The zero-order valence-electron chi connectivity index (χ0n) is 10.1. The second kappa shape index (κ2) is 6.31. The first kappa shape index (κ1) is 15.1. The highest BCUT2D eigenvalue weighted by Crippen LogP contribution is 2.33. The van der Waals surface area contributed by atoms with Crippen LogP contribution in [0.2, 0.25) is 0 Å². The van der Waals surface area contributed by atoms with Crippen LogP contribution in [0, 0.1) is 5.92 Å². The van der Waals surface area contributed by atoms with Crippen LogP contribution < -0.4 is 9.47 Å². The average Bonchev–Trinajstić information content (AvgIpc) is 2.19. The van der Waals surface area contributed by atoms with E-state index in [2.05, 4.69) is 34.5 Å². The number of alkyl halides is 3. The second-order valence-electron chi connectivity index (χ2n) is 4.17. The molecule has 0 spiro atoms. The first-order chi connectivity index (χ1) is 8.28. The molecule has 0 amide bonds. The van der Waals surface area contributed by atoms with Gasteiger partial charge in [0.1, 0.15) is 11.5 Å². The summed E-state index contributed by atoms with van der Waals surface area (Å²) in [5.41, 5.74) is 0. The molecule has 102 valence electrons. The van der Waals surface area contributed by atoms with Crippen molar-refractivity contribution in [1.29, 1.82) is 0 Å². The monoisotopic (exact) mass is 326 g/mol. The summed E-state index contributed by atoms with van der Waals surface area (Å²) in [7, 11) is 0. The number of ether oxygens (including phenoxy) is 2. The van der Waals surface area contributed by atoms with Crippen molar-refractivity contribution in [3.05, 3.63) is 22.7 Å². The van der Waals surface area contributed by atoms with Crippen LogP contribution >= 0.6 is 15.9 Å². The van der Waals surface area contributed by atoms with Gasteiger partial charge in [0.2, 0.25) is 0 Å². The van der Waals surface area contributed by atoms with Gasteiger partial charge < -0.3 is 9.47 Å². The normalized spacial score (nSPS) is 11.7. The Morgan fingerprint density at radius 3 is 2.44 bits per heavy atom. The minimum atomic E-state index is -4.69. The molecule has 0 aliphatic rings. The molecule has 1 aromatic carbocycles. The highest BCUT2D eigenvalue weighted by atomic mass is 79.9. The van der Waals surface area contributed by atoms with E-state index in [-0.39, 0.29) is 10.2 Å². The number of halogens is 4. The highest BCUT2D eigenvalue weighted by Gasteiger charge is 2.31. The van der Waals surface area contributed by atoms with Crippen molar-refractivity contribution < 1.29 is 22.6 Å². The molecule has 0 aliphatic heterocycles. The van der Waals surface area contributed by atoms with E-state index < -0.39 is 6.36 Å². The molecule has 0 aliphatic carbocycles. The summed E-state index contributed by atoms with van der Waals surface area (Å²) in [6.07, 6.45) is -3.80. The van der Waals surface area contributed by atoms with E-state index in [0.29, 0.717) is 18.3 Å². The topological polar surface area (TPSA) is 18.5 Å². The molecule has 0 saturated heterocycles. The summed E-state index contributed by atoms with van der Waals surface area (Å²) in [5, 5.41) is 0. The van der Waals surface area contributed by atoms with Crippen LogP contribution in [0.5, 0.6) is 11.5 Å². The lowest BCUT2D eigenvalue weighted by molar-refractivity contribution is -0.274. The first-order valence-corrected chi connectivity index (χ1v) is 6.25. The predicted molar refractivity (Wildman–Crippen MR) is 65.8 cm³/mol. The average molecular weight is 327 g/mol. The Bertz CT molecular complexity index is 391. The van der Waals surface area contributed by atoms with Gasteiger partial charge in [0.05, 0.1) is 11.1 Å². The summed E-state index contributed by atoms with van der Waals surface area (Å²) in [6.45, 7) is 4.67. The van der Waals surface area contributed by atoms with Crippen LogP contribution in [0.4, 0.5) is 13.2 Å². The van der Waals surface area contributed by atoms with Gasteiger partial charge in [-0.1, -0.05) is 13.8 Å². The predicted octanol–water partition coefficient (Wildman–Crippen LogP) is 4.77. The summed E-state index contributed by atoms with van der Waals surface area (Å²) in [6, 6.07) is 4.13. The van der Waals surface area contributed by atoms with Crippen LogP contribution in [0.15, 0.2) is 22.7 Å². The third-order valence-electron chi connectivity index (χ3n) is 2.09. The fourth-order valence-corrected chi connectivity index (χ4v) is 1.63. The van der Waals surface area contributed by atoms with Crippen molar-refractivity contribution in [3.63, 3.8) is 0 Å². The molecule has 6 heteroatoms. The number of hydrogen-bond acceptors (Lipinski definition) is 2. The van der Waals surface area contributed by atoms with Crippen molar-refractivity contribution in [2.24, 2.45) is 5.92 Å². The SMILES string of the molecule is CC(C)CCOc1ccc(OC(F)(F)F)c(Br)c1. The third kappa shape index (κ3) is 5.62. The van der Waals surface area contributed by atoms with Crippen molar-refractivity contribution >= 4 is 15.9 Å². The minimum Gasteiger partial charge on any atom is -0.494 e. The first-order valence-electron chi connectivity index (χ1n) is 5.46. The Labute approximate surface area is 112 Å². The maximum atomic E-state index is 12.0. The van der Waals surface area contributed by atoms with Crippen molar-refractivity contribution in [2.45, 2.75) is 26.6 Å². The van der Waals surface area contributed by atoms with Crippen molar-refractivity contribution in [1.82, 2.24) is 0 Å². The molecular formula is C12H14BrF3O2. The van der Waals surface area contributed by atoms with Gasteiger partial charge in [0.25, 0.3) is 0 Å². The summed E-state index contributed by atoms with van der Waals surface area (Å²) in [4.78, 5) is 0. The fraction of sp³-hybridized carbons (Fsp3) is 0.500. The Hall–Kier alpha value is -0.910. The Morgan fingerprint density at radius 2 is 1.94 bits per heavy atom. The fourth-order valence-electron chi connectivity index (χ4n) is 1.19. The molecule has 0 heterocycles. The molecule has 0 bridgehead atoms. The number of rotatable bonds is 5. The molecule has 0 unspecified atom stereocenters. The highest BCUT2D eigenvalue weighted by molar-refractivity contribution is 9.10. The van der Waals surface area contributed by atoms with Crippen LogP contribution in [0.1, 0.15) is 20.3 Å². The van der Waals surface area contributed by atoms with E-state index in [4.69, 9.17) is 4.74 Å². The van der Waals surface area contributed by atoms with Crippen molar-refractivity contribution in [3.8, 4) is 11.5 Å². The van der Waals surface area contributed by atoms with Gasteiger partial charge in [-0.3, -0.25) is 0 Å². The lowest BCUT2D eigenvalue weighted by atomic mass is 10.1. The van der Waals surface area contributed by atoms with E-state index >= 15 is 0 Å². The summed E-state index contributed by atoms with van der Waals surface area (Å²) < 4.78 is 45.6. The largest absolute Gasteiger partial charge is 0.573 e. The molecule has 0 aromatic heterocycles. The molecule has 18 heavy (non-hydrogen) atoms. The molecule has 0 saturated carbocycles. The second-order valence-corrected chi connectivity index (χ2v) is 5.03. The van der Waals surface area contributed by atoms with E-state index in [1.165, 1.54) is 18.2 Å². The van der Waals surface area contributed by atoms with Gasteiger partial charge in [-0.15, -0.1) is 13.2 Å². The molecule has 0 fully saturated rings. The molecule has 2 nitrogen and oxygen atoms in total. The zero-order chi connectivity index (χ0) is 13.8. The van der Waals surface area contributed by atoms with E-state index in [1.807, 2.05) is 0 Å². The van der Waals surface area contributed by atoms with Gasteiger partial charge in [0.15, 0.2) is 0 Å². The lowest BCUT2D eigenvalue weighted by Crippen LogP contribution is -2.17. The maximum absolute atomic E-state index is 12.0. The Morgan fingerprint density at radius 1 is 1.28 bits per heavy atom. The smallest absolute Gasteiger partial charge is 0.494 e. The van der Waals surface area contributed by atoms with E-state index in [9.17, 15) is 13.2 Å². The maximum Gasteiger partial charge on any atom is 0.573 e. The Kier molecular flexibility index (Phi) is 5.31. The quantitative estimate of drug-likeness (QED) is 0.775. The number of hydrogen-bond donors (Lipinski definition) is 0. The zero-order valence-corrected chi connectivity index (χ0v) is 11.6. The van der Waals surface area contributed by atoms with Gasteiger partial charge in [0, 0.05) is 0 Å². The van der Waals surface area contributed by atoms with Gasteiger partial charge in [-0.25, -0.2) is 0 Å². The summed E-state index contributed by atoms with van der Waals surface area (Å²) in [5.74, 6) is 0.747. The van der Waals surface area contributed by atoms with Crippen molar-refractivity contribution in [2.75, 3.05) is 6.61 Å².